The van der Waals surface area contributed by atoms with Crippen molar-refractivity contribution in [2.24, 2.45) is 5.14 Å². The Balaban J connectivity index is 1.65. The minimum atomic E-state index is -3.69. The molecule has 0 unspecified atom stereocenters. The summed E-state index contributed by atoms with van der Waals surface area (Å²) in [4.78, 5) is 14.8. The second-order valence-corrected chi connectivity index (χ2v) is 8.24. The Morgan fingerprint density at radius 2 is 1.88 bits per heavy atom. The number of carbonyl (C=O) groups excluding carboxylic acids is 1. The Bertz CT molecular complexity index is 910. The molecule has 2 aromatic carbocycles. The molecule has 7 heteroatoms. The smallest absolute Gasteiger partial charge is 0.244 e. The number of para-hydroxylation sites is 1. The van der Waals surface area contributed by atoms with E-state index in [-0.39, 0.29) is 22.9 Å². The van der Waals surface area contributed by atoms with Crippen LogP contribution in [0.5, 0.6) is 0 Å². The summed E-state index contributed by atoms with van der Waals surface area (Å²) in [5.74, 6) is 0.0311. The van der Waals surface area contributed by atoms with Gasteiger partial charge < -0.3 is 10.2 Å². The maximum atomic E-state index is 12.9. The van der Waals surface area contributed by atoms with Crippen molar-refractivity contribution in [2.75, 3.05) is 4.90 Å². The molecule has 1 aliphatic rings. The molecular formula is C19H23N3O3S. The molecular weight excluding hydrogens is 350 g/mol. The fourth-order valence-corrected chi connectivity index (χ4v) is 3.78. The van der Waals surface area contributed by atoms with Crippen molar-refractivity contribution in [3.05, 3.63) is 59.7 Å². The molecule has 1 aliphatic heterocycles. The Morgan fingerprint density at radius 3 is 2.54 bits per heavy atom. The predicted molar refractivity (Wildman–Crippen MR) is 101 cm³/mol. The summed E-state index contributed by atoms with van der Waals surface area (Å²) < 4.78 is 22.6. The Hall–Kier alpha value is -2.22. The van der Waals surface area contributed by atoms with Crippen LogP contribution in [0.4, 0.5) is 5.69 Å². The van der Waals surface area contributed by atoms with Crippen molar-refractivity contribution in [3.8, 4) is 0 Å². The first-order valence-electron chi connectivity index (χ1n) is 8.53. The monoisotopic (exact) mass is 373 g/mol. The van der Waals surface area contributed by atoms with Crippen LogP contribution in [0.2, 0.25) is 0 Å². The number of primary sulfonamides is 1. The van der Waals surface area contributed by atoms with Crippen molar-refractivity contribution in [2.45, 2.75) is 43.8 Å². The van der Waals surface area contributed by atoms with Gasteiger partial charge in [0.05, 0.1) is 10.9 Å². The standard InChI is InChI=1S/C19H23N3O3S/c1-13-11-16-5-3-4-6-18(16)22(13)19(23)14(2)21-12-15-7-9-17(10-8-15)26(20,24)25/h3-10,13-14,21H,11-12H2,1-2H3,(H2,20,24,25)/t13-,14-/m0/s1. The zero-order valence-electron chi connectivity index (χ0n) is 14.8. The minimum Gasteiger partial charge on any atom is -0.308 e. The maximum Gasteiger partial charge on any atom is 0.244 e. The highest BCUT2D eigenvalue weighted by molar-refractivity contribution is 7.89. The van der Waals surface area contributed by atoms with Gasteiger partial charge in [-0.2, -0.15) is 0 Å². The summed E-state index contributed by atoms with van der Waals surface area (Å²) in [6.07, 6.45) is 0.865. The molecule has 1 heterocycles. The van der Waals surface area contributed by atoms with Gasteiger partial charge in [0, 0.05) is 18.3 Å². The highest BCUT2D eigenvalue weighted by atomic mass is 32.2. The third-order valence-electron chi connectivity index (χ3n) is 4.68. The molecule has 1 amide bonds. The van der Waals surface area contributed by atoms with E-state index in [9.17, 15) is 13.2 Å². The lowest BCUT2D eigenvalue weighted by Crippen LogP contribution is -2.47. The molecule has 0 saturated heterocycles. The lowest BCUT2D eigenvalue weighted by molar-refractivity contribution is -0.120. The number of rotatable bonds is 5. The Morgan fingerprint density at radius 1 is 1.23 bits per heavy atom. The van der Waals surface area contributed by atoms with Crippen LogP contribution in [0.3, 0.4) is 0 Å². The van der Waals surface area contributed by atoms with E-state index in [0.717, 1.165) is 17.7 Å². The van der Waals surface area contributed by atoms with Gasteiger partial charge in [0.25, 0.3) is 0 Å². The van der Waals surface area contributed by atoms with Gasteiger partial charge in [-0.1, -0.05) is 30.3 Å². The van der Waals surface area contributed by atoms with Gasteiger partial charge in [0.2, 0.25) is 15.9 Å². The number of nitrogens with zero attached hydrogens (tertiary/aromatic N) is 1. The largest absolute Gasteiger partial charge is 0.308 e. The maximum absolute atomic E-state index is 12.9. The molecule has 138 valence electrons. The highest BCUT2D eigenvalue weighted by Gasteiger charge is 2.32. The number of nitrogens with one attached hydrogen (secondary N) is 1. The van der Waals surface area contributed by atoms with E-state index < -0.39 is 10.0 Å². The third-order valence-corrected chi connectivity index (χ3v) is 5.61. The van der Waals surface area contributed by atoms with Gasteiger partial charge in [-0.05, 0) is 49.6 Å². The van der Waals surface area contributed by atoms with E-state index in [1.807, 2.05) is 30.0 Å². The number of fused-ring (bicyclic) bond motifs is 1. The summed E-state index contributed by atoms with van der Waals surface area (Å²) in [5.41, 5.74) is 3.06. The van der Waals surface area contributed by atoms with Crippen molar-refractivity contribution in [3.63, 3.8) is 0 Å². The van der Waals surface area contributed by atoms with Crippen molar-refractivity contribution >= 4 is 21.6 Å². The number of amides is 1. The van der Waals surface area contributed by atoms with Gasteiger partial charge >= 0.3 is 0 Å². The van der Waals surface area contributed by atoms with Crippen molar-refractivity contribution in [1.29, 1.82) is 0 Å². The molecule has 0 aromatic heterocycles. The van der Waals surface area contributed by atoms with Crippen molar-refractivity contribution < 1.29 is 13.2 Å². The molecule has 0 aliphatic carbocycles. The summed E-state index contributed by atoms with van der Waals surface area (Å²) in [6.45, 7) is 4.35. The minimum absolute atomic E-state index is 0.0311. The lowest BCUT2D eigenvalue weighted by Gasteiger charge is -2.26. The number of hydrogen-bond donors (Lipinski definition) is 2. The summed E-state index contributed by atoms with van der Waals surface area (Å²) in [6, 6.07) is 14.1. The van der Waals surface area contributed by atoms with E-state index in [2.05, 4.69) is 18.3 Å². The average molecular weight is 373 g/mol. The molecule has 0 radical (unpaired) electrons. The quantitative estimate of drug-likeness (QED) is 0.836. The van der Waals surface area contributed by atoms with E-state index in [4.69, 9.17) is 5.14 Å². The topological polar surface area (TPSA) is 92.5 Å². The molecule has 0 saturated carbocycles. The Kier molecular flexibility index (Phi) is 5.13. The van der Waals surface area contributed by atoms with Gasteiger partial charge in [-0.15, -0.1) is 0 Å². The van der Waals surface area contributed by atoms with E-state index in [1.165, 1.54) is 17.7 Å². The molecule has 3 rings (SSSR count). The van der Waals surface area contributed by atoms with Crippen LogP contribution in [0, 0.1) is 0 Å². The average Bonchev–Trinajstić information content (AvgIpc) is 2.94. The molecule has 0 fully saturated rings. The van der Waals surface area contributed by atoms with E-state index >= 15 is 0 Å². The third kappa shape index (κ3) is 3.80. The van der Waals surface area contributed by atoms with Crippen LogP contribution in [0.1, 0.15) is 25.0 Å². The van der Waals surface area contributed by atoms with Crippen LogP contribution < -0.4 is 15.4 Å². The number of carbonyl (C=O) groups is 1. The fourth-order valence-electron chi connectivity index (χ4n) is 3.27. The number of hydrogen-bond acceptors (Lipinski definition) is 4. The van der Waals surface area contributed by atoms with E-state index in [0.29, 0.717) is 6.54 Å². The van der Waals surface area contributed by atoms with Crippen LogP contribution in [0.25, 0.3) is 0 Å². The lowest BCUT2D eigenvalue weighted by atomic mass is 10.1. The second-order valence-electron chi connectivity index (χ2n) is 6.68. The van der Waals surface area contributed by atoms with Gasteiger partial charge in [0.15, 0.2) is 0 Å². The van der Waals surface area contributed by atoms with Gasteiger partial charge in [-0.3, -0.25) is 4.79 Å². The number of nitrogens with two attached hydrogens (primary N) is 1. The molecule has 3 N–H and O–H groups in total. The van der Waals surface area contributed by atoms with Gasteiger partial charge in [0.1, 0.15) is 0 Å². The van der Waals surface area contributed by atoms with E-state index in [1.54, 1.807) is 12.1 Å². The normalized spacial score (nSPS) is 17.8. The second kappa shape index (κ2) is 7.19. The SMILES string of the molecule is C[C@H](NCc1ccc(S(N)(=O)=O)cc1)C(=O)N1c2ccccc2C[C@@H]1C. The van der Waals surface area contributed by atoms with Crippen LogP contribution in [-0.2, 0) is 27.8 Å². The Labute approximate surface area is 154 Å². The summed E-state index contributed by atoms with van der Waals surface area (Å²) in [5, 5.41) is 8.31. The summed E-state index contributed by atoms with van der Waals surface area (Å²) in [7, 11) is -3.69. The molecule has 2 aromatic rings. The first-order chi connectivity index (χ1) is 12.3. The van der Waals surface area contributed by atoms with Crippen LogP contribution in [-0.4, -0.2) is 26.4 Å². The van der Waals surface area contributed by atoms with Gasteiger partial charge in [-0.25, -0.2) is 13.6 Å². The first-order valence-corrected chi connectivity index (χ1v) is 10.1. The molecule has 0 bridgehead atoms. The zero-order chi connectivity index (χ0) is 18.9. The molecule has 6 nitrogen and oxygen atoms in total. The van der Waals surface area contributed by atoms with Crippen molar-refractivity contribution in [1.82, 2.24) is 5.32 Å². The zero-order valence-corrected chi connectivity index (χ0v) is 15.7. The molecule has 2 atom stereocenters. The highest BCUT2D eigenvalue weighted by Crippen LogP contribution is 2.32. The van der Waals surface area contributed by atoms with Crippen LogP contribution in [0.15, 0.2) is 53.4 Å². The first kappa shape index (κ1) is 18.6. The number of anilines is 1. The predicted octanol–water partition coefficient (Wildman–Crippen LogP) is 1.79. The number of benzene rings is 2. The number of sulfonamides is 1. The van der Waals surface area contributed by atoms with Crippen LogP contribution >= 0.6 is 0 Å². The molecule has 26 heavy (non-hydrogen) atoms. The summed E-state index contributed by atoms with van der Waals surface area (Å²) >= 11 is 0. The molecule has 0 spiro atoms. The fraction of sp³-hybridized carbons (Fsp3) is 0.316.